The standard InChI is InChI=1S/C20H25N7O3S2/c1-32(28,29)15-2-3-26(12-15)11-14-8-16-17(31-14)19(27-4-6-30-7-5-27)25-18(24-16)13-9-22-20(21)23-10-13/h8-10,15H,2-7,11-12H2,1H3,(H2,21,22,23). The van der Waals surface area contributed by atoms with Gasteiger partial charge in [-0.2, -0.15) is 0 Å². The Kier molecular flexibility index (Phi) is 5.70. The van der Waals surface area contributed by atoms with Crippen LogP contribution >= 0.6 is 11.3 Å². The number of thiophene rings is 1. The molecule has 170 valence electrons. The highest BCUT2D eigenvalue weighted by molar-refractivity contribution is 7.91. The summed E-state index contributed by atoms with van der Waals surface area (Å²) in [6.45, 7) is 4.90. The molecule has 5 rings (SSSR count). The molecule has 0 spiro atoms. The Hall–Kier alpha value is -2.41. The first kappa shape index (κ1) is 21.4. The van der Waals surface area contributed by atoms with Crippen molar-refractivity contribution in [1.82, 2.24) is 24.8 Å². The first-order valence-corrected chi connectivity index (χ1v) is 13.3. The zero-order valence-corrected chi connectivity index (χ0v) is 19.4. The number of likely N-dealkylation sites (tertiary alicyclic amines) is 1. The lowest BCUT2D eigenvalue weighted by Gasteiger charge is -2.28. The molecule has 0 aromatic carbocycles. The minimum absolute atomic E-state index is 0.207. The van der Waals surface area contributed by atoms with Crippen LogP contribution in [-0.2, 0) is 21.1 Å². The molecule has 0 radical (unpaired) electrons. The third-order valence-corrected chi connectivity index (χ3v) is 8.56. The van der Waals surface area contributed by atoms with Gasteiger partial charge in [0.25, 0.3) is 0 Å². The average molecular weight is 476 g/mol. The summed E-state index contributed by atoms with van der Waals surface area (Å²) in [4.78, 5) is 23.4. The average Bonchev–Trinajstić information content (AvgIpc) is 3.41. The normalized spacial score (nSPS) is 20.3. The van der Waals surface area contributed by atoms with Crippen molar-refractivity contribution in [1.29, 1.82) is 0 Å². The predicted octanol–water partition coefficient (Wildman–Crippen LogP) is 1.19. The Morgan fingerprint density at radius 1 is 1.19 bits per heavy atom. The number of nitrogens with two attached hydrogens (primary N) is 1. The summed E-state index contributed by atoms with van der Waals surface area (Å²) in [5.74, 6) is 1.65. The van der Waals surface area contributed by atoms with Gasteiger partial charge in [0.15, 0.2) is 21.5 Å². The number of hydrogen-bond acceptors (Lipinski definition) is 11. The Balaban J connectivity index is 1.49. The summed E-state index contributed by atoms with van der Waals surface area (Å²) >= 11 is 1.67. The highest BCUT2D eigenvalue weighted by Crippen LogP contribution is 2.35. The molecule has 0 amide bonds. The lowest BCUT2D eigenvalue weighted by Crippen LogP contribution is -2.36. The van der Waals surface area contributed by atoms with Gasteiger partial charge in [0.2, 0.25) is 5.95 Å². The predicted molar refractivity (Wildman–Crippen MR) is 124 cm³/mol. The summed E-state index contributed by atoms with van der Waals surface area (Å²) in [5, 5.41) is -0.280. The van der Waals surface area contributed by atoms with Crippen LogP contribution in [0.3, 0.4) is 0 Å². The largest absolute Gasteiger partial charge is 0.378 e. The van der Waals surface area contributed by atoms with E-state index in [1.54, 1.807) is 23.7 Å². The maximum atomic E-state index is 11.9. The summed E-state index contributed by atoms with van der Waals surface area (Å²) in [7, 11) is -3.01. The molecule has 0 aliphatic carbocycles. The van der Waals surface area contributed by atoms with Crippen molar-refractivity contribution in [2.24, 2.45) is 0 Å². The number of nitrogen functional groups attached to an aromatic ring is 1. The lowest BCUT2D eigenvalue weighted by atomic mass is 10.3. The van der Waals surface area contributed by atoms with Gasteiger partial charge >= 0.3 is 0 Å². The summed E-state index contributed by atoms with van der Waals surface area (Å²) in [6.07, 6.45) is 5.28. The molecule has 2 fully saturated rings. The van der Waals surface area contributed by atoms with E-state index in [2.05, 4.69) is 25.8 Å². The van der Waals surface area contributed by atoms with E-state index in [4.69, 9.17) is 20.4 Å². The van der Waals surface area contributed by atoms with Gasteiger partial charge in [0.1, 0.15) is 0 Å². The number of sulfone groups is 1. The smallest absolute Gasteiger partial charge is 0.219 e. The molecule has 0 bridgehead atoms. The van der Waals surface area contributed by atoms with Crippen LogP contribution in [0.25, 0.3) is 21.6 Å². The summed E-state index contributed by atoms with van der Waals surface area (Å²) < 4.78 is 30.4. The van der Waals surface area contributed by atoms with Crippen molar-refractivity contribution in [3.63, 3.8) is 0 Å². The third-order valence-electron chi connectivity index (χ3n) is 5.86. The second-order valence-electron chi connectivity index (χ2n) is 8.20. The van der Waals surface area contributed by atoms with Crippen molar-refractivity contribution in [2.45, 2.75) is 18.2 Å². The Morgan fingerprint density at radius 2 is 1.94 bits per heavy atom. The van der Waals surface area contributed by atoms with Crippen molar-refractivity contribution < 1.29 is 13.2 Å². The SMILES string of the molecule is CS(=O)(=O)C1CCN(Cc2cc3nc(-c4cnc(N)nc4)nc(N4CCOCC4)c3s2)C1. The Labute approximate surface area is 190 Å². The number of aromatic nitrogens is 4. The second-order valence-corrected chi connectivity index (χ2v) is 11.7. The van der Waals surface area contributed by atoms with Gasteiger partial charge < -0.3 is 15.4 Å². The molecule has 2 aliphatic heterocycles. The number of fused-ring (bicyclic) bond motifs is 1. The van der Waals surface area contributed by atoms with Crippen molar-refractivity contribution in [3.05, 3.63) is 23.3 Å². The Bertz CT molecular complexity index is 1220. The fourth-order valence-corrected chi connectivity index (χ4v) is 6.30. The first-order chi connectivity index (χ1) is 15.4. The summed E-state index contributed by atoms with van der Waals surface area (Å²) in [6, 6.07) is 2.08. The van der Waals surface area contributed by atoms with E-state index < -0.39 is 9.84 Å². The molecule has 3 aromatic rings. The molecule has 32 heavy (non-hydrogen) atoms. The molecule has 2 aliphatic rings. The number of ether oxygens (including phenoxy) is 1. The molecule has 10 nitrogen and oxygen atoms in total. The highest BCUT2D eigenvalue weighted by atomic mass is 32.2. The second kappa shape index (κ2) is 8.50. The monoisotopic (exact) mass is 475 g/mol. The molecular weight excluding hydrogens is 450 g/mol. The van der Waals surface area contributed by atoms with Gasteiger partial charge in [-0.05, 0) is 19.0 Å². The number of rotatable bonds is 5. The van der Waals surface area contributed by atoms with Crippen LogP contribution in [-0.4, -0.2) is 84.2 Å². The highest BCUT2D eigenvalue weighted by Gasteiger charge is 2.30. The Morgan fingerprint density at radius 3 is 2.62 bits per heavy atom. The van der Waals surface area contributed by atoms with Gasteiger partial charge in [-0.15, -0.1) is 11.3 Å². The molecule has 2 saturated heterocycles. The number of hydrogen-bond donors (Lipinski definition) is 1. The fraction of sp³-hybridized carbons (Fsp3) is 0.500. The quantitative estimate of drug-likeness (QED) is 0.574. The molecule has 1 unspecified atom stereocenters. The van der Waals surface area contributed by atoms with Crippen LogP contribution in [0.1, 0.15) is 11.3 Å². The van der Waals surface area contributed by atoms with Crippen LogP contribution in [0, 0.1) is 0 Å². The van der Waals surface area contributed by atoms with Crippen molar-refractivity contribution >= 4 is 43.2 Å². The molecular formula is C20H25N7O3S2. The van der Waals surface area contributed by atoms with E-state index in [9.17, 15) is 8.42 Å². The molecule has 2 N–H and O–H groups in total. The van der Waals surface area contributed by atoms with Gasteiger partial charge in [-0.25, -0.2) is 28.4 Å². The van der Waals surface area contributed by atoms with Crippen LogP contribution in [0.15, 0.2) is 18.5 Å². The van der Waals surface area contributed by atoms with Crippen LogP contribution < -0.4 is 10.6 Å². The van der Waals surface area contributed by atoms with E-state index in [0.29, 0.717) is 44.1 Å². The zero-order valence-electron chi connectivity index (χ0n) is 17.8. The minimum atomic E-state index is -3.01. The van der Waals surface area contributed by atoms with E-state index in [-0.39, 0.29) is 11.2 Å². The van der Waals surface area contributed by atoms with E-state index in [1.807, 2.05) is 0 Å². The topological polar surface area (TPSA) is 127 Å². The van der Waals surface area contributed by atoms with E-state index in [0.717, 1.165) is 40.5 Å². The summed E-state index contributed by atoms with van der Waals surface area (Å²) in [5.41, 5.74) is 7.21. The molecule has 0 saturated carbocycles. The van der Waals surface area contributed by atoms with Crippen LogP contribution in [0.4, 0.5) is 11.8 Å². The van der Waals surface area contributed by atoms with Crippen molar-refractivity contribution in [2.75, 3.05) is 56.3 Å². The van der Waals surface area contributed by atoms with E-state index in [1.165, 1.54) is 6.26 Å². The number of nitrogens with zero attached hydrogens (tertiary/aromatic N) is 6. The van der Waals surface area contributed by atoms with Crippen molar-refractivity contribution in [3.8, 4) is 11.4 Å². The third kappa shape index (κ3) is 4.40. The van der Waals surface area contributed by atoms with Gasteiger partial charge in [-0.3, -0.25) is 4.90 Å². The van der Waals surface area contributed by atoms with Crippen LogP contribution in [0.5, 0.6) is 0 Å². The fourth-order valence-electron chi connectivity index (χ4n) is 4.12. The van der Waals surface area contributed by atoms with E-state index >= 15 is 0 Å². The number of morpholine rings is 1. The molecule has 5 heterocycles. The minimum Gasteiger partial charge on any atom is -0.378 e. The first-order valence-electron chi connectivity index (χ1n) is 10.5. The lowest BCUT2D eigenvalue weighted by molar-refractivity contribution is 0.122. The zero-order chi connectivity index (χ0) is 22.3. The molecule has 1 atom stereocenters. The van der Waals surface area contributed by atoms with Crippen LogP contribution in [0.2, 0.25) is 0 Å². The van der Waals surface area contributed by atoms with Gasteiger partial charge in [0.05, 0.1) is 34.2 Å². The molecule has 3 aromatic heterocycles. The maximum absolute atomic E-state index is 11.9. The van der Waals surface area contributed by atoms with Gasteiger partial charge in [-0.1, -0.05) is 0 Å². The number of anilines is 2. The molecule has 12 heteroatoms. The maximum Gasteiger partial charge on any atom is 0.219 e. The van der Waals surface area contributed by atoms with Gasteiger partial charge in [0, 0.05) is 49.7 Å².